The Balaban J connectivity index is 1.24. The van der Waals surface area contributed by atoms with Gasteiger partial charge in [-0.1, -0.05) is 24.8 Å². The minimum atomic E-state index is -4.64. The average Bonchev–Trinajstić information content (AvgIpc) is 3.41. The number of nitrogens with zero attached hydrogens (tertiary/aromatic N) is 5. The van der Waals surface area contributed by atoms with Crippen molar-refractivity contribution in [3.8, 4) is 23.2 Å². The zero-order chi connectivity index (χ0) is 34.9. The second-order valence-corrected chi connectivity index (χ2v) is 12.0. The molecule has 254 valence electrons. The lowest BCUT2D eigenvalue weighted by atomic mass is 10.0. The Morgan fingerprint density at radius 2 is 1.82 bits per heavy atom. The summed E-state index contributed by atoms with van der Waals surface area (Å²) in [5.41, 5.74) is 7.73. The summed E-state index contributed by atoms with van der Waals surface area (Å²) in [5.74, 6) is 3.97. The minimum absolute atomic E-state index is 0.00888. The number of nitrogens with two attached hydrogens (primary N) is 1. The van der Waals surface area contributed by atoms with Crippen LogP contribution in [0.3, 0.4) is 0 Å². The van der Waals surface area contributed by atoms with Crippen LogP contribution in [0.1, 0.15) is 55.6 Å². The lowest BCUT2D eigenvalue weighted by molar-refractivity contribution is -0.138. The molecule has 0 unspecified atom stereocenters. The molecule has 0 saturated carbocycles. The summed E-state index contributed by atoms with van der Waals surface area (Å²) in [6.07, 6.45) is -2.60. The van der Waals surface area contributed by atoms with Crippen molar-refractivity contribution in [3.63, 3.8) is 0 Å². The molecule has 10 nitrogen and oxygen atoms in total. The number of nitrogens with one attached hydrogen (secondary N) is 2. The number of hydrogen-bond donors (Lipinski definition) is 3. The largest absolute Gasteiger partial charge is 0.416 e. The molecule has 4 N–H and O–H groups in total. The monoisotopic (exact) mass is 674 g/mol. The number of alkyl halides is 3. The van der Waals surface area contributed by atoms with E-state index < -0.39 is 23.5 Å². The Morgan fingerprint density at radius 3 is 2.53 bits per heavy atom. The minimum Gasteiger partial charge on any atom is -0.368 e. The Morgan fingerprint density at radius 1 is 1.06 bits per heavy atom. The van der Waals surface area contributed by atoms with Gasteiger partial charge in [0.15, 0.2) is 0 Å². The highest BCUT2D eigenvalue weighted by atomic mass is 19.4. The molecular formula is C35H34F4N8O2. The molecule has 0 bridgehead atoms. The van der Waals surface area contributed by atoms with Crippen LogP contribution in [0.2, 0.25) is 0 Å². The van der Waals surface area contributed by atoms with E-state index in [1.54, 1.807) is 13.1 Å². The number of benzene rings is 2. The number of anilines is 2. The third kappa shape index (κ3) is 7.43. The molecule has 2 amide bonds. The number of rotatable bonds is 6. The normalized spacial score (nSPS) is 15.3. The molecule has 0 radical (unpaired) electrons. The van der Waals surface area contributed by atoms with Crippen molar-refractivity contribution in [2.24, 2.45) is 7.05 Å². The van der Waals surface area contributed by atoms with E-state index in [1.807, 2.05) is 9.47 Å². The number of carbonyl (C=O) groups excluding carboxylic acids is 2. The molecule has 1 fully saturated rings. The van der Waals surface area contributed by atoms with Crippen LogP contribution in [0.4, 0.5) is 29.2 Å². The fourth-order valence-electron chi connectivity index (χ4n) is 6.14. The molecule has 2 aromatic heterocycles. The zero-order valence-electron chi connectivity index (χ0n) is 26.9. The van der Waals surface area contributed by atoms with Crippen LogP contribution < -0.4 is 16.4 Å². The molecule has 0 aliphatic carbocycles. The highest BCUT2D eigenvalue weighted by molar-refractivity contribution is 6.04. The molecule has 0 spiro atoms. The summed E-state index contributed by atoms with van der Waals surface area (Å²) in [6.45, 7) is 6.48. The highest BCUT2D eigenvalue weighted by Gasteiger charge is 2.34. The average molecular weight is 675 g/mol. The molecule has 49 heavy (non-hydrogen) atoms. The first-order valence-electron chi connectivity index (χ1n) is 15.8. The van der Waals surface area contributed by atoms with E-state index in [4.69, 9.17) is 5.73 Å². The van der Waals surface area contributed by atoms with E-state index in [9.17, 15) is 27.2 Å². The molecule has 4 aromatic rings. The van der Waals surface area contributed by atoms with Crippen molar-refractivity contribution in [3.05, 3.63) is 93.6 Å². The van der Waals surface area contributed by atoms with Crippen molar-refractivity contribution in [1.29, 1.82) is 0 Å². The van der Waals surface area contributed by atoms with Gasteiger partial charge in [-0.25, -0.2) is 14.4 Å². The first-order chi connectivity index (χ1) is 23.4. The van der Waals surface area contributed by atoms with Gasteiger partial charge in [-0.3, -0.25) is 14.5 Å². The van der Waals surface area contributed by atoms with Gasteiger partial charge in [-0.2, -0.15) is 13.2 Å². The molecule has 4 heterocycles. The number of likely N-dealkylation sites (N-methyl/N-ethyl adjacent to an activating group) is 1. The van der Waals surface area contributed by atoms with Gasteiger partial charge in [-0.15, -0.1) is 0 Å². The summed E-state index contributed by atoms with van der Waals surface area (Å²) in [6, 6.07) is 8.84. The van der Waals surface area contributed by atoms with Gasteiger partial charge in [0, 0.05) is 81.4 Å². The van der Waals surface area contributed by atoms with Crippen LogP contribution in [-0.4, -0.2) is 75.4 Å². The van der Waals surface area contributed by atoms with Crippen LogP contribution in [0, 0.1) is 17.7 Å². The van der Waals surface area contributed by atoms with Crippen molar-refractivity contribution < 1.29 is 27.2 Å². The fraction of sp³-hybridized carbons (Fsp3) is 0.314. The summed E-state index contributed by atoms with van der Waals surface area (Å²) in [7, 11) is 1.81. The van der Waals surface area contributed by atoms with E-state index in [-0.39, 0.29) is 40.8 Å². The molecule has 1 saturated heterocycles. The third-order valence-corrected chi connectivity index (χ3v) is 8.78. The molecule has 14 heteroatoms. The van der Waals surface area contributed by atoms with E-state index in [2.05, 4.69) is 44.3 Å². The summed E-state index contributed by atoms with van der Waals surface area (Å²) >= 11 is 0. The molecule has 2 aliphatic rings. The van der Waals surface area contributed by atoms with Crippen LogP contribution in [0.25, 0.3) is 11.4 Å². The van der Waals surface area contributed by atoms with Crippen LogP contribution >= 0.6 is 0 Å². The van der Waals surface area contributed by atoms with E-state index in [1.165, 1.54) is 24.4 Å². The molecule has 0 atom stereocenters. The Bertz CT molecular complexity index is 1990. The van der Waals surface area contributed by atoms with Crippen LogP contribution in [0.5, 0.6) is 0 Å². The quantitative estimate of drug-likeness (QED) is 0.206. The Labute approximate surface area is 280 Å². The maximum Gasteiger partial charge on any atom is 0.416 e. The van der Waals surface area contributed by atoms with Gasteiger partial charge in [0.2, 0.25) is 5.95 Å². The Kier molecular flexibility index (Phi) is 9.40. The smallest absolute Gasteiger partial charge is 0.368 e. The molecule has 6 rings (SSSR count). The van der Waals surface area contributed by atoms with E-state index in [0.29, 0.717) is 48.6 Å². The van der Waals surface area contributed by atoms with Crippen molar-refractivity contribution >= 4 is 23.5 Å². The van der Waals surface area contributed by atoms with Gasteiger partial charge in [0.1, 0.15) is 11.5 Å². The first-order valence-corrected chi connectivity index (χ1v) is 15.8. The summed E-state index contributed by atoms with van der Waals surface area (Å²) in [5, 5.41) is 5.28. The Hall–Kier alpha value is -5.26. The van der Waals surface area contributed by atoms with E-state index in [0.717, 1.165) is 43.5 Å². The topological polar surface area (TPSA) is 121 Å². The number of piperazine rings is 1. The van der Waals surface area contributed by atoms with Gasteiger partial charge >= 0.3 is 6.18 Å². The predicted octanol–water partition coefficient (Wildman–Crippen LogP) is 4.30. The number of halogens is 4. The number of amides is 2. The standard InChI is InChI=1S/C35H34F4N8O2/c1-3-46-10-12-47(13-11-46)20-23-6-7-26(17-28(23)35(37,38)39)43-32(48)24-14-21(15-25(36)16-24)4-5-22-19-42-34(40)44-31(22)30-18-27-29(45(30)2)8-9-41-33(27)49/h6-7,14-19H,3,8-13,20H2,1-2H3,(H,41,49)(H,43,48)(H2,40,42,44). The van der Waals surface area contributed by atoms with Gasteiger partial charge in [0.05, 0.1) is 22.4 Å². The van der Waals surface area contributed by atoms with Gasteiger partial charge < -0.3 is 25.8 Å². The lowest BCUT2D eigenvalue weighted by Crippen LogP contribution is -2.45. The van der Waals surface area contributed by atoms with Crippen molar-refractivity contribution in [1.82, 2.24) is 29.7 Å². The summed E-state index contributed by atoms with van der Waals surface area (Å²) < 4.78 is 58.9. The number of nitrogen functional groups attached to an aromatic ring is 1. The number of hydrogen-bond acceptors (Lipinski definition) is 7. The fourth-order valence-corrected chi connectivity index (χ4v) is 6.14. The summed E-state index contributed by atoms with van der Waals surface area (Å²) in [4.78, 5) is 38.2. The zero-order valence-corrected chi connectivity index (χ0v) is 26.9. The second-order valence-electron chi connectivity index (χ2n) is 12.0. The molecule has 2 aromatic carbocycles. The van der Waals surface area contributed by atoms with E-state index >= 15 is 0 Å². The third-order valence-electron chi connectivity index (χ3n) is 8.78. The lowest BCUT2D eigenvalue weighted by Gasteiger charge is -2.34. The highest BCUT2D eigenvalue weighted by Crippen LogP contribution is 2.35. The van der Waals surface area contributed by atoms with Crippen LogP contribution in [0.15, 0.2) is 48.7 Å². The number of carbonyl (C=O) groups is 2. The van der Waals surface area contributed by atoms with Gasteiger partial charge in [0.25, 0.3) is 11.8 Å². The van der Waals surface area contributed by atoms with Crippen LogP contribution in [-0.2, 0) is 26.2 Å². The number of aromatic nitrogens is 3. The maximum atomic E-state index is 14.7. The number of fused-ring (bicyclic) bond motifs is 1. The predicted molar refractivity (Wildman–Crippen MR) is 176 cm³/mol. The molecule has 2 aliphatic heterocycles. The van der Waals surface area contributed by atoms with Crippen molar-refractivity contribution in [2.75, 3.05) is 50.3 Å². The second kappa shape index (κ2) is 13.7. The van der Waals surface area contributed by atoms with Crippen molar-refractivity contribution in [2.45, 2.75) is 26.1 Å². The molecular weight excluding hydrogens is 640 g/mol. The van der Waals surface area contributed by atoms with Gasteiger partial charge in [-0.05, 0) is 48.5 Å². The maximum absolute atomic E-state index is 14.7. The first kappa shape index (κ1) is 33.6. The SMILES string of the molecule is CCN1CCN(Cc2ccc(NC(=O)c3cc(F)cc(C#Cc4cnc(N)nc4-c4cc5c(n4C)CCNC5=O)c3)cc2C(F)(F)F)CC1.